The number of carbonyl (C=O) groups excluding carboxylic acids is 1. The van der Waals surface area contributed by atoms with Crippen LogP contribution in [0.15, 0.2) is 91.0 Å². The molecule has 3 heteroatoms. The Labute approximate surface area is 166 Å². The Hall–Kier alpha value is -3.36. The maximum atomic E-state index is 13.0. The van der Waals surface area contributed by atoms with E-state index in [4.69, 9.17) is 16.3 Å². The van der Waals surface area contributed by atoms with Crippen molar-refractivity contribution in [3.8, 4) is 5.75 Å². The lowest BCUT2D eigenvalue weighted by Crippen LogP contribution is -2.09. The smallest absolute Gasteiger partial charge is 0.343 e. The summed E-state index contributed by atoms with van der Waals surface area (Å²) in [5.41, 5.74) is 0.506. The minimum absolute atomic E-state index is 0.400. The van der Waals surface area contributed by atoms with Gasteiger partial charge in [-0.3, -0.25) is 0 Å². The molecule has 0 bridgehead atoms. The van der Waals surface area contributed by atoms with E-state index in [1.165, 1.54) is 0 Å². The minimum Gasteiger partial charge on any atom is -0.422 e. The SMILES string of the molecule is O=C(Oc1c2ccccc2cc2cccc(Cl)c12)c1ccc2ccccc2c1. The lowest BCUT2D eigenvalue weighted by molar-refractivity contribution is 0.0739. The van der Waals surface area contributed by atoms with Gasteiger partial charge in [0.1, 0.15) is 5.75 Å². The molecule has 0 aromatic heterocycles. The van der Waals surface area contributed by atoms with Crippen LogP contribution in [0, 0.1) is 0 Å². The Bertz CT molecular complexity index is 1370. The summed E-state index contributed by atoms with van der Waals surface area (Å²) in [6, 6.07) is 29.1. The molecule has 0 aliphatic rings. The second kappa shape index (κ2) is 6.66. The third kappa shape index (κ3) is 2.79. The molecule has 0 aliphatic heterocycles. The maximum absolute atomic E-state index is 13.0. The standard InChI is InChI=1S/C25H15ClO2/c26-22-11-5-9-19-15-18-8-3-4-10-21(18)24(23(19)22)28-25(27)20-13-12-16-6-1-2-7-17(16)14-20/h1-15H. The van der Waals surface area contributed by atoms with Crippen molar-refractivity contribution in [1.29, 1.82) is 0 Å². The van der Waals surface area contributed by atoms with Crippen molar-refractivity contribution in [2.75, 3.05) is 0 Å². The molecular weight excluding hydrogens is 368 g/mol. The summed E-state index contributed by atoms with van der Waals surface area (Å²) in [6.07, 6.45) is 0. The van der Waals surface area contributed by atoms with Gasteiger partial charge in [-0.15, -0.1) is 0 Å². The summed E-state index contributed by atoms with van der Waals surface area (Å²) in [6.45, 7) is 0. The lowest BCUT2D eigenvalue weighted by Gasteiger charge is -2.13. The van der Waals surface area contributed by atoms with Crippen LogP contribution in [-0.2, 0) is 0 Å². The summed E-state index contributed by atoms with van der Waals surface area (Å²) in [4.78, 5) is 13.0. The number of carbonyl (C=O) groups is 1. The van der Waals surface area contributed by atoms with Gasteiger partial charge in [-0.2, -0.15) is 0 Å². The quantitative estimate of drug-likeness (QED) is 0.186. The topological polar surface area (TPSA) is 26.3 Å². The van der Waals surface area contributed by atoms with Gasteiger partial charge in [0, 0.05) is 10.8 Å². The van der Waals surface area contributed by atoms with E-state index >= 15 is 0 Å². The van der Waals surface area contributed by atoms with Crippen LogP contribution in [-0.4, -0.2) is 5.97 Å². The number of esters is 1. The van der Waals surface area contributed by atoms with E-state index in [2.05, 4.69) is 6.07 Å². The van der Waals surface area contributed by atoms with Crippen molar-refractivity contribution in [2.45, 2.75) is 0 Å². The van der Waals surface area contributed by atoms with Crippen molar-refractivity contribution in [2.24, 2.45) is 0 Å². The molecular formula is C25H15ClO2. The predicted octanol–water partition coefficient (Wildman–Crippen LogP) is 7.02. The number of fused-ring (bicyclic) bond motifs is 3. The molecule has 134 valence electrons. The summed E-state index contributed by atoms with van der Waals surface area (Å²) < 4.78 is 5.93. The Morgan fingerprint density at radius 2 is 1.39 bits per heavy atom. The van der Waals surface area contributed by atoms with Gasteiger partial charge in [-0.25, -0.2) is 4.79 Å². The van der Waals surface area contributed by atoms with Crippen molar-refractivity contribution in [3.63, 3.8) is 0 Å². The van der Waals surface area contributed by atoms with Crippen LogP contribution >= 0.6 is 11.6 Å². The third-order valence-corrected chi connectivity index (χ3v) is 5.28. The molecule has 0 spiro atoms. The van der Waals surface area contributed by atoms with Crippen molar-refractivity contribution >= 4 is 49.9 Å². The van der Waals surface area contributed by atoms with E-state index in [9.17, 15) is 4.79 Å². The molecule has 0 saturated carbocycles. The van der Waals surface area contributed by atoms with Gasteiger partial charge in [-0.1, -0.05) is 78.3 Å². The predicted molar refractivity (Wildman–Crippen MR) is 115 cm³/mol. The number of benzene rings is 5. The van der Waals surface area contributed by atoms with Gasteiger partial charge >= 0.3 is 5.97 Å². The molecule has 0 atom stereocenters. The van der Waals surface area contributed by atoms with Crippen LogP contribution < -0.4 is 4.74 Å². The fraction of sp³-hybridized carbons (Fsp3) is 0. The van der Waals surface area contributed by atoms with E-state index in [1.54, 1.807) is 6.07 Å². The van der Waals surface area contributed by atoms with Crippen molar-refractivity contribution in [1.82, 2.24) is 0 Å². The molecule has 0 unspecified atom stereocenters. The highest BCUT2D eigenvalue weighted by Crippen LogP contribution is 2.39. The average molecular weight is 383 g/mol. The zero-order valence-corrected chi connectivity index (χ0v) is 15.6. The van der Waals surface area contributed by atoms with Crippen LogP contribution in [0.3, 0.4) is 0 Å². The largest absolute Gasteiger partial charge is 0.422 e. The zero-order valence-electron chi connectivity index (χ0n) is 14.9. The van der Waals surface area contributed by atoms with Gasteiger partial charge in [0.25, 0.3) is 0 Å². The highest BCUT2D eigenvalue weighted by molar-refractivity contribution is 6.37. The van der Waals surface area contributed by atoms with Gasteiger partial charge in [-0.05, 0) is 45.8 Å². The molecule has 2 nitrogen and oxygen atoms in total. The summed E-state index contributed by atoms with van der Waals surface area (Å²) >= 11 is 6.48. The van der Waals surface area contributed by atoms with Crippen molar-refractivity contribution < 1.29 is 9.53 Å². The highest BCUT2D eigenvalue weighted by Gasteiger charge is 2.16. The number of hydrogen-bond acceptors (Lipinski definition) is 2. The first kappa shape index (κ1) is 16.8. The number of hydrogen-bond donors (Lipinski definition) is 0. The van der Waals surface area contributed by atoms with Crippen LogP contribution in [0.2, 0.25) is 5.02 Å². The molecule has 0 saturated heterocycles. The monoisotopic (exact) mass is 382 g/mol. The molecule has 5 rings (SSSR count). The first-order chi connectivity index (χ1) is 13.7. The third-order valence-electron chi connectivity index (χ3n) is 4.97. The molecule has 0 N–H and O–H groups in total. The Balaban J connectivity index is 1.68. The lowest BCUT2D eigenvalue weighted by atomic mass is 10.0. The van der Waals surface area contributed by atoms with E-state index in [0.29, 0.717) is 16.3 Å². The van der Waals surface area contributed by atoms with Gasteiger partial charge in [0.05, 0.1) is 10.6 Å². The summed E-state index contributed by atoms with van der Waals surface area (Å²) in [5, 5.41) is 6.18. The summed E-state index contributed by atoms with van der Waals surface area (Å²) in [7, 11) is 0. The van der Waals surface area contributed by atoms with Gasteiger partial charge < -0.3 is 4.74 Å². The molecule has 5 aromatic carbocycles. The molecule has 28 heavy (non-hydrogen) atoms. The minimum atomic E-state index is -0.400. The van der Waals surface area contributed by atoms with E-state index in [1.807, 2.05) is 78.9 Å². The summed E-state index contributed by atoms with van der Waals surface area (Å²) in [5.74, 6) is 0.0974. The van der Waals surface area contributed by atoms with Gasteiger partial charge in [0.15, 0.2) is 0 Å². The van der Waals surface area contributed by atoms with Crippen LogP contribution in [0.25, 0.3) is 32.3 Å². The van der Waals surface area contributed by atoms with Crippen molar-refractivity contribution in [3.05, 3.63) is 102 Å². The highest BCUT2D eigenvalue weighted by atomic mass is 35.5. The van der Waals surface area contributed by atoms with Crippen LogP contribution in [0.4, 0.5) is 0 Å². The first-order valence-corrected chi connectivity index (χ1v) is 9.39. The molecule has 0 aliphatic carbocycles. The average Bonchev–Trinajstić information content (AvgIpc) is 2.73. The second-order valence-electron chi connectivity index (χ2n) is 6.72. The van der Waals surface area contributed by atoms with E-state index in [-0.39, 0.29) is 0 Å². The molecule has 0 radical (unpaired) electrons. The first-order valence-electron chi connectivity index (χ1n) is 9.02. The second-order valence-corrected chi connectivity index (χ2v) is 7.12. The molecule has 0 heterocycles. The van der Waals surface area contributed by atoms with Crippen LogP contribution in [0.1, 0.15) is 10.4 Å². The normalized spacial score (nSPS) is 11.2. The fourth-order valence-corrected chi connectivity index (χ4v) is 3.87. The molecule has 5 aromatic rings. The number of halogens is 1. The Kier molecular flexibility index (Phi) is 4.00. The molecule has 0 fully saturated rings. The van der Waals surface area contributed by atoms with Crippen LogP contribution in [0.5, 0.6) is 5.75 Å². The number of ether oxygens (including phenoxy) is 1. The van der Waals surface area contributed by atoms with E-state index < -0.39 is 5.97 Å². The molecule has 0 amide bonds. The van der Waals surface area contributed by atoms with E-state index in [0.717, 1.165) is 32.3 Å². The Morgan fingerprint density at radius 3 is 2.25 bits per heavy atom. The zero-order chi connectivity index (χ0) is 19.1. The maximum Gasteiger partial charge on any atom is 0.343 e. The number of rotatable bonds is 2. The Morgan fingerprint density at radius 1 is 0.679 bits per heavy atom. The fourth-order valence-electron chi connectivity index (χ4n) is 3.61. The van der Waals surface area contributed by atoms with Gasteiger partial charge in [0.2, 0.25) is 0 Å².